The van der Waals surface area contributed by atoms with Crippen molar-refractivity contribution in [2.75, 3.05) is 13.2 Å². The molecule has 98 valence electrons. The number of aliphatic hydroxyl groups is 1. The van der Waals surface area contributed by atoms with Gasteiger partial charge in [-0.05, 0) is 24.5 Å². The molecular formula is C10H16ClNO3S2. The van der Waals surface area contributed by atoms with Crippen molar-refractivity contribution in [3.8, 4) is 0 Å². The third kappa shape index (κ3) is 4.56. The lowest BCUT2D eigenvalue weighted by Gasteiger charge is -2.13. The summed E-state index contributed by atoms with van der Waals surface area (Å²) >= 11 is 6.73. The summed E-state index contributed by atoms with van der Waals surface area (Å²) in [6.07, 6.45) is 1.43. The van der Waals surface area contributed by atoms with Gasteiger partial charge in [0.2, 0.25) is 10.0 Å². The molecule has 1 aromatic heterocycles. The highest BCUT2D eigenvalue weighted by molar-refractivity contribution is 7.91. The number of aliphatic hydroxyl groups excluding tert-OH is 1. The Morgan fingerprint density at radius 3 is 2.71 bits per heavy atom. The van der Waals surface area contributed by atoms with E-state index in [1.54, 1.807) is 6.07 Å². The summed E-state index contributed by atoms with van der Waals surface area (Å²) in [4.78, 5) is 0. The van der Waals surface area contributed by atoms with Crippen LogP contribution in [0.2, 0.25) is 4.34 Å². The number of rotatable bonds is 7. The number of hydrogen-bond donors (Lipinski definition) is 2. The van der Waals surface area contributed by atoms with Gasteiger partial charge in [-0.1, -0.05) is 24.9 Å². The number of thiophene rings is 1. The molecule has 0 saturated carbocycles. The molecule has 4 nitrogen and oxygen atoms in total. The van der Waals surface area contributed by atoms with Crippen LogP contribution in [-0.2, 0) is 10.0 Å². The van der Waals surface area contributed by atoms with Crippen LogP contribution in [0.4, 0.5) is 0 Å². The molecular weight excluding hydrogens is 282 g/mol. The summed E-state index contributed by atoms with van der Waals surface area (Å²) in [6, 6.07) is 3.05. The van der Waals surface area contributed by atoms with E-state index in [0.717, 1.165) is 17.8 Å². The van der Waals surface area contributed by atoms with Gasteiger partial charge in [0, 0.05) is 13.2 Å². The zero-order chi connectivity index (χ0) is 12.9. The highest BCUT2D eigenvalue weighted by Crippen LogP contribution is 2.25. The molecule has 0 aliphatic carbocycles. The maximum absolute atomic E-state index is 11.8. The van der Waals surface area contributed by atoms with Gasteiger partial charge in [-0.25, -0.2) is 13.1 Å². The van der Waals surface area contributed by atoms with Crippen molar-refractivity contribution in [3.63, 3.8) is 0 Å². The largest absolute Gasteiger partial charge is 0.396 e. The molecule has 7 heteroatoms. The fourth-order valence-corrected chi connectivity index (χ4v) is 4.02. The van der Waals surface area contributed by atoms with Crippen LogP contribution in [0.1, 0.15) is 19.8 Å². The quantitative estimate of drug-likeness (QED) is 0.810. The van der Waals surface area contributed by atoms with Crippen LogP contribution in [0.3, 0.4) is 0 Å². The van der Waals surface area contributed by atoms with E-state index in [2.05, 4.69) is 4.72 Å². The van der Waals surface area contributed by atoms with Crippen LogP contribution >= 0.6 is 22.9 Å². The van der Waals surface area contributed by atoms with Crippen molar-refractivity contribution < 1.29 is 13.5 Å². The van der Waals surface area contributed by atoms with Crippen LogP contribution in [0.15, 0.2) is 16.3 Å². The average molecular weight is 298 g/mol. The standard InChI is InChI=1S/C10H16ClNO3S2/c1-2-8(5-6-13)7-12-17(14,15)10-4-3-9(11)16-10/h3-4,8,12-13H,2,5-7H2,1H3. The second kappa shape index (κ2) is 6.70. The molecule has 0 bridgehead atoms. The Morgan fingerprint density at radius 1 is 1.53 bits per heavy atom. The van der Waals surface area contributed by atoms with E-state index in [4.69, 9.17) is 16.7 Å². The minimum atomic E-state index is -3.46. The lowest BCUT2D eigenvalue weighted by Crippen LogP contribution is -2.29. The molecule has 0 amide bonds. The molecule has 1 atom stereocenters. The summed E-state index contributed by atoms with van der Waals surface area (Å²) in [5, 5.41) is 8.82. The van der Waals surface area contributed by atoms with Crippen molar-refractivity contribution in [3.05, 3.63) is 16.5 Å². The molecule has 1 aromatic rings. The molecule has 0 aliphatic rings. The summed E-state index contributed by atoms with van der Waals surface area (Å²) in [5.74, 6) is 0.158. The van der Waals surface area contributed by atoms with Crippen LogP contribution in [0.25, 0.3) is 0 Å². The summed E-state index contributed by atoms with van der Waals surface area (Å²) in [5.41, 5.74) is 0. The van der Waals surface area contributed by atoms with Crippen LogP contribution < -0.4 is 4.72 Å². The third-order valence-electron chi connectivity index (χ3n) is 2.49. The lowest BCUT2D eigenvalue weighted by molar-refractivity contribution is 0.254. The Labute approximate surface area is 111 Å². The maximum Gasteiger partial charge on any atom is 0.250 e. The molecule has 2 N–H and O–H groups in total. The topological polar surface area (TPSA) is 66.4 Å². The van der Waals surface area contributed by atoms with Crippen molar-refractivity contribution in [1.29, 1.82) is 0 Å². The second-order valence-electron chi connectivity index (χ2n) is 3.70. The normalized spacial score (nSPS) is 13.8. The van der Waals surface area contributed by atoms with E-state index in [0.29, 0.717) is 17.3 Å². The number of sulfonamides is 1. The first-order chi connectivity index (χ1) is 7.99. The van der Waals surface area contributed by atoms with E-state index in [9.17, 15) is 8.42 Å². The molecule has 0 saturated heterocycles. The first kappa shape index (κ1) is 14.9. The molecule has 0 aromatic carbocycles. The van der Waals surface area contributed by atoms with E-state index in [1.807, 2.05) is 6.92 Å². The first-order valence-corrected chi connectivity index (χ1v) is 8.03. The first-order valence-electron chi connectivity index (χ1n) is 5.35. The van der Waals surface area contributed by atoms with Crippen LogP contribution in [-0.4, -0.2) is 26.7 Å². The van der Waals surface area contributed by atoms with Gasteiger partial charge in [0.15, 0.2) is 0 Å². The molecule has 1 heterocycles. The minimum absolute atomic E-state index is 0.0745. The predicted molar refractivity (Wildman–Crippen MR) is 70.0 cm³/mol. The third-order valence-corrected chi connectivity index (χ3v) is 5.64. The number of hydrogen-bond acceptors (Lipinski definition) is 4. The highest BCUT2D eigenvalue weighted by atomic mass is 35.5. The van der Waals surface area contributed by atoms with Gasteiger partial charge < -0.3 is 5.11 Å². The average Bonchev–Trinajstić information content (AvgIpc) is 2.72. The minimum Gasteiger partial charge on any atom is -0.396 e. The smallest absolute Gasteiger partial charge is 0.250 e. The van der Waals surface area contributed by atoms with Gasteiger partial charge >= 0.3 is 0 Å². The van der Waals surface area contributed by atoms with Crippen molar-refractivity contribution >= 4 is 33.0 Å². The van der Waals surface area contributed by atoms with Crippen molar-refractivity contribution in [2.24, 2.45) is 5.92 Å². The van der Waals surface area contributed by atoms with Crippen molar-refractivity contribution in [1.82, 2.24) is 4.72 Å². The van der Waals surface area contributed by atoms with E-state index >= 15 is 0 Å². The van der Waals surface area contributed by atoms with Gasteiger partial charge in [-0.2, -0.15) is 0 Å². The van der Waals surface area contributed by atoms with Gasteiger partial charge in [-0.3, -0.25) is 0 Å². The van der Waals surface area contributed by atoms with Gasteiger partial charge in [0.1, 0.15) is 4.21 Å². The molecule has 0 spiro atoms. The Hall–Kier alpha value is -0.140. The molecule has 1 rings (SSSR count). The summed E-state index contributed by atoms with van der Waals surface area (Å²) in [6.45, 7) is 2.39. The molecule has 17 heavy (non-hydrogen) atoms. The lowest BCUT2D eigenvalue weighted by atomic mass is 10.0. The second-order valence-corrected chi connectivity index (χ2v) is 7.41. The zero-order valence-electron chi connectivity index (χ0n) is 9.52. The summed E-state index contributed by atoms with van der Waals surface area (Å²) < 4.78 is 26.9. The Morgan fingerprint density at radius 2 is 2.24 bits per heavy atom. The van der Waals surface area contributed by atoms with Gasteiger partial charge in [-0.15, -0.1) is 11.3 Å². The summed E-state index contributed by atoms with van der Waals surface area (Å²) in [7, 11) is -3.46. The van der Waals surface area contributed by atoms with Gasteiger partial charge in [0.05, 0.1) is 4.34 Å². The van der Waals surface area contributed by atoms with Crippen molar-refractivity contribution in [2.45, 2.75) is 24.0 Å². The Balaban J connectivity index is 2.61. The Bertz CT molecular complexity index is 444. The Kier molecular flexibility index (Phi) is 5.88. The molecule has 1 unspecified atom stereocenters. The maximum atomic E-state index is 11.8. The van der Waals surface area contributed by atoms with Crippen LogP contribution in [0.5, 0.6) is 0 Å². The molecule has 0 fully saturated rings. The molecule has 0 aliphatic heterocycles. The number of nitrogens with one attached hydrogen (secondary N) is 1. The SMILES string of the molecule is CCC(CCO)CNS(=O)(=O)c1ccc(Cl)s1. The molecule has 0 radical (unpaired) electrons. The number of halogens is 1. The van der Waals surface area contributed by atoms with Crippen LogP contribution in [0, 0.1) is 5.92 Å². The van der Waals surface area contributed by atoms with E-state index in [-0.39, 0.29) is 16.7 Å². The zero-order valence-corrected chi connectivity index (χ0v) is 11.9. The van der Waals surface area contributed by atoms with E-state index < -0.39 is 10.0 Å². The fourth-order valence-electron chi connectivity index (χ4n) is 1.37. The highest BCUT2D eigenvalue weighted by Gasteiger charge is 2.17. The fraction of sp³-hybridized carbons (Fsp3) is 0.600. The monoisotopic (exact) mass is 297 g/mol. The predicted octanol–water partition coefficient (Wildman–Crippen LogP) is 2.09. The van der Waals surface area contributed by atoms with E-state index in [1.165, 1.54) is 6.07 Å². The van der Waals surface area contributed by atoms with Gasteiger partial charge in [0.25, 0.3) is 0 Å².